The molecule has 3 rings (SSSR count). The molecule has 1 aliphatic carbocycles. The molecule has 0 radical (unpaired) electrons. The Kier molecular flexibility index (Phi) is 4.64. The number of carbonyl (C=O) groups is 2. The third kappa shape index (κ3) is 3.32. The molecule has 0 unspecified atom stereocenters. The summed E-state index contributed by atoms with van der Waals surface area (Å²) in [6.45, 7) is 1.96. The average Bonchev–Trinajstić information content (AvgIpc) is 3.02. The predicted molar refractivity (Wildman–Crippen MR) is 88.8 cm³/mol. The van der Waals surface area contributed by atoms with Gasteiger partial charge in [0.1, 0.15) is 6.54 Å². The van der Waals surface area contributed by atoms with Crippen LogP contribution in [0.15, 0.2) is 6.07 Å². The second kappa shape index (κ2) is 6.86. The van der Waals surface area contributed by atoms with Crippen LogP contribution in [0.1, 0.15) is 46.7 Å². The first-order valence-corrected chi connectivity index (χ1v) is 8.21. The first-order valence-electron chi connectivity index (χ1n) is 8.21. The maximum atomic E-state index is 12.5. The van der Waals surface area contributed by atoms with Gasteiger partial charge in [-0.15, -0.1) is 0 Å². The van der Waals surface area contributed by atoms with Crippen molar-refractivity contribution in [1.82, 2.24) is 25.3 Å². The van der Waals surface area contributed by atoms with E-state index in [1.165, 1.54) is 6.42 Å². The van der Waals surface area contributed by atoms with E-state index in [2.05, 4.69) is 25.9 Å². The van der Waals surface area contributed by atoms with Crippen LogP contribution in [0.25, 0.3) is 0 Å². The van der Waals surface area contributed by atoms with Gasteiger partial charge in [-0.25, -0.2) is 0 Å². The molecule has 0 saturated heterocycles. The molecule has 2 heterocycles. The lowest BCUT2D eigenvalue weighted by Crippen LogP contribution is -2.24. The Morgan fingerprint density at radius 3 is 2.88 bits per heavy atom. The Bertz CT molecular complexity index is 761. The minimum absolute atomic E-state index is 0.121. The molecule has 1 aliphatic rings. The lowest BCUT2D eigenvalue weighted by Gasteiger charge is -2.03. The second-order valence-corrected chi connectivity index (χ2v) is 6.05. The van der Waals surface area contributed by atoms with Crippen molar-refractivity contribution in [3.05, 3.63) is 28.7 Å². The lowest BCUT2D eigenvalue weighted by atomic mass is 10.1. The zero-order chi connectivity index (χ0) is 17.1. The van der Waals surface area contributed by atoms with Crippen LogP contribution in [0.2, 0.25) is 0 Å². The third-order valence-electron chi connectivity index (χ3n) is 4.32. The molecular formula is C16H22N6O2. The number of aromatic amines is 1. The van der Waals surface area contributed by atoms with Crippen LogP contribution in [0.4, 0.5) is 5.82 Å². The third-order valence-corrected chi connectivity index (χ3v) is 4.32. The van der Waals surface area contributed by atoms with Crippen molar-refractivity contribution in [3.63, 3.8) is 0 Å². The number of amides is 2. The van der Waals surface area contributed by atoms with Gasteiger partial charge in [0.2, 0.25) is 5.91 Å². The van der Waals surface area contributed by atoms with Crippen LogP contribution in [0, 0.1) is 6.92 Å². The molecule has 2 amide bonds. The number of aromatic nitrogens is 4. The summed E-state index contributed by atoms with van der Waals surface area (Å²) < 4.78 is 1.56. The summed E-state index contributed by atoms with van der Waals surface area (Å²) in [7, 11) is 1.58. The maximum Gasteiger partial charge on any atom is 0.277 e. The highest BCUT2D eigenvalue weighted by atomic mass is 16.2. The van der Waals surface area contributed by atoms with Crippen LogP contribution >= 0.6 is 0 Å². The molecule has 0 saturated carbocycles. The maximum absolute atomic E-state index is 12.5. The van der Waals surface area contributed by atoms with E-state index < -0.39 is 0 Å². The van der Waals surface area contributed by atoms with Gasteiger partial charge in [-0.2, -0.15) is 10.2 Å². The van der Waals surface area contributed by atoms with Crippen LogP contribution in [0.5, 0.6) is 0 Å². The van der Waals surface area contributed by atoms with E-state index in [9.17, 15) is 9.59 Å². The van der Waals surface area contributed by atoms with E-state index in [0.717, 1.165) is 42.6 Å². The Labute approximate surface area is 140 Å². The highest BCUT2D eigenvalue weighted by Gasteiger charge is 2.21. The highest BCUT2D eigenvalue weighted by Crippen LogP contribution is 2.22. The summed E-state index contributed by atoms with van der Waals surface area (Å²) in [5, 5.41) is 16.8. The molecule has 8 heteroatoms. The summed E-state index contributed by atoms with van der Waals surface area (Å²) in [4.78, 5) is 24.0. The molecule has 3 N–H and O–H groups in total. The largest absolute Gasteiger partial charge is 0.358 e. The zero-order valence-corrected chi connectivity index (χ0v) is 14.0. The monoisotopic (exact) mass is 330 g/mol. The Hall–Kier alpha value is -2.64. The molecule has 0 bridgehead atoms. The molecule has 128 valence electrons. The fourth-order valence-corrected chi connectivity index (χ4v) is 2.97. The minimum atomic E-state index is -0.265. The summed E-state index contributed by atoms with van der Waals surface area (Å²) >= 11 is 0. The number of rotatable bonds is 4. The number of nitrogens with zero attached hydrogens (tertiary/aromatic N) is 3. The molecule has 0 atom stereocenters. The predicted octanol–water partition coefficient (Wildman–Crippen LogP) is 1.18. The Morgan fingerprint density at radius 1 is 1.29 bits per heavy atom. The first kappa shape index (κ1) is 16.2. The van der Waals surface area contributed by atoms with Crippen LogP contribution in [-0.2, 0) is 24.2 Å². The molecule has 2 aromatic rings. The normalized spacial score (nSPS) is 13.9. The Balaban J connectivity index is 1.75. The SMILES string of the molecule is CNC(=O)Cn1nc(NC(=O)c2n[nH]c3c2CCCCC3)cc1C. The number of anilines is 1. The molecule has 2 aromatic heterocycles. The number of fused-ring (bicyclic) bond motifs is 1. The van der Waals surface area contributed by atoms with Crippen molar-refractivity contribution >= 4 is 17.6 Å². The van der Waals surface area contributed by atoms with Crippen molar-refractivity contribution in [3.8, 4) is 0 Å². The van der Waals surface area contributed by atoms with Gasteiger partial charge in [0.05, 0.1) is 0 Å². The van der Waals surface area contributed by atoms with E-state index in [1.807, 2.05) is 6.92 Å². The van der Waals surface area contributed by atoms with E-state index in [-0.39, 0.29) is 18.4 Å². The van der Waals surface area contributed by atoms with Crippen molar-refractivity contribution in [2.45, 2.75) is 45.6 Å². The van der Waals surface area contributed by atoms with E-state index in [4.69, 9.17) is 0 Å². The molecule has 24 heavy (non-hydrogen) atoms. The first-order chi connectivity index (χ1) is 11.6. The Morgan fingerprint density at radius 2 is 2.08 bits per heavy atom. The zero-order valence-electron chi connectivity index (χ0n) is 14.0. The van der Waals surface area contributed by atoms with E-state index >= 15 is 0 Å². The van der Waals surface area contributed by atoms with Gasteiger partial charge < -0.3 is 10.6 Å². The molecule has 0 spiro atoms. The molecule has 0 aromatic carbocycles. The summed E-state index contributed by atoms with van der Waals surface area (Å²) in [6.07, 6.45) is 5.19. The minimum Gasteiger partial charge on any atom is -0.358 e. The number of aryl methyl sites for hydroxylation is 2. The van der Waals surface area contributed by atoms with Gasteiger partial charge in [-0.05, 0) is 32.6 Å². The number of hydrogen-bond donors (Lipinski definition) is 3. The lowest BCUT2D eigenvalue weighted by molar-refractivity contribution is -0.121. The van der Waals surface area contributed by atoms with Crippen molar-refractivity contribution in [2.75, 3.05) is 12.4 Å². The van der Waals surface area contributed by atoms with Crippen LogP contribution < -0.4 is 10.6 Å². The smallest absolute Gasteiger partial charge is 0.277 e. The molecular weight excluding hydrogens is 308 g/mol. The molecule has 8 nitrogen and oxygen atoms in total. The van der Waals surface area contributed by atoms with Crippen molar-refractivity contribution in [2.24, 2.45) is 0 Å². The summed E-state index contributed by atoms with van der Waals surface area (Å²) in [6, 6.07) is 1.74. The number of likely N-dealkylation sites (N-methyl/N-ethyl adjacent to an activating group) is 1. The van der Waals surface area contributed by atoms with Gasteiger partial charge in [0, 0.05) is 30.1 Å². The molecule has 0 aliphatic heterocycles. The standard InChI is InChI=1S/C16H22N6O2/c1-10-8-13(21-22(10)9-14(23)17-2)18-16(24)15-11-6-4-3-5-7-12(11)19-20-15/h8H,3-7,9H2,1-2H3,(H,17,23)(H,19,20)(H,18,21,24). The van der Waals surface area contributed by atoms with Gasteiger partial charge in [0.15, 0.2) is 11.5 Å². The topological polar surface area (TPSA) is 105 Å². The quantitative estimate of drug-likeness (QED) is 0.732. The number of hydrogen-bond acceptors (Lipinski definition) is 4. The van der Waals surface area contributed by atoms with Gasteiger partial charge in [-0.1, -0.05) is 6.42 Å². The van der Waals surface area contributed by atoms with Gasteiger partial charge in [-0.3, -0.25) is 19.4 Å². The van der Waals surface area contributed by atoms with Gasteiger partial charge in [0.25, 0.3) is 5.91 Å². The number of nitrogens with one attached hydrogen (secondary N) is 3. The number of H-pyrrole nitrogens is 1. The van der Waals surface area contributed by atoms with E-state index in [1.54, 1.807) is 17.8 Å². The van der Waals surface area contributed by atoms with Crippen LogP contribution in [0.3, 0.4) is 0 Å². The summed E-state index contributed by atoms with van der Waals surface area (Å²) in [5.74, 6) is 0.0162. The van der Waals surface area contributed by atoms with Crippen LogP contribution in [-0.4, -0.2) is 38.8 Å². The second-order valence-electron chi connectivity index (χ2n) is 6.05. The number of carbonyl (C=O) groups excluding carboxylic acids is 2. The van der Waals surface area contributed by atoms with Crippen molar-refractivity contribution < 1.29 is 9.59 Å². The van der Waals surface area contributed by atoms with Gasteiger partial charge >= 0.3 is 0 Å². The fourth-order valence-electron chi connectivity index (χ4n) is 2.97. The fraction of sp³-hybridized carbons (Fsp3) is 0.500. The van der Waals surface area contributed by atoms with E-state index in [0.29, 0.717) is 11.5 Å². The average molecular weight is 330 g/mol. The summed E-state index contributed by atoms with van der Waals surface area (Å²) in [5.41, 5.74) is 3.34. The molecule has 0 fully saturated rings. The highest BCUT2D eigenvalue weighted by molar-refractivity contribution is 6.03. The van der Waals surface area contributed by atoms with Crippen molar-refractivity contribution in [1.29, 1.82) is 0 Å².